The monoisotopic (exact) mass is 215 g/mol. The van der Waals surface area contributed by atoms with Gasteiger partial charge in [-0.1, -0.05) is 19.1 Å². The summed E-state index contributed by atoms with van der Waals surface area (Å²) < 4.78 is 0. The molecule has 2 N–H and O–H groups in total. The van der Waals surface area contributed by atoms with Crippen molar-refractivity contribution >= 4 is 5.95 Å². The van der Waals surface area contributed by atoms with Crippen LogP contribution in [0.15, 0.2) is 18.3 Å². The number of rotatable bonds is 0. The summed E-state index contributed by atoms with van der Waals surface area (Å²) >= 11 is 0. The minimum atomic E-state index is 0.235. The van der Waals surface area contributed by atoms with E-state index in [9.17, 15) is 0 Å². The van der Waals surface area contributed by atoms with Crippen molar-refractivity contribution < 1.29 is 0 Å². The molecule has 3 rings (SSSR count). The van der Waals surface area contributed by atoms with Crippen LogP contribution < -0.4 is 5.73 Å². The molecule has 2 aliphatic rings. The van der Waals surface area contributed by atoms with Crippen LogP contribution in [0.5, 0.6) is 0 Å². The quantitative estimate of drug-likeness (QED) is 0.677. The van der Waals surface area contributed by atoms with Crippen molar-refractivity contribution in [2.45, 2.75) is 43.9 Å². The molecule has 84 valence electrons. The fourth-order valence-corrected chi connectivity index (χ4v) is 3.06. The molecule has 1 unspecified atom stereocenters. The highest BCUT2D eigenvalue weighted by atomic mass is 15.0. The van der Waals surface area contributed by atoms with Gasteiger partial charge in [-0.05, 0) is 37.2 Å². The van der Waals surface area contributed by atoms with Crippen LogP contribution in [0.2, 0.25) is 0 Å². The highest BCUT2D eigenvalue weighted by Crippen LogP contribution is 2.48. The van der Waals surface area contributed by atoms with E-state index in [0.29, 0.717) is 11.9 Å². The predicted molar refractivity (Wildman–Crippen MR) is 64.1 cm³/mol. The Balaban J connectivity index is 2.15. The van der Waals surface area contributed by atoms with Gasteiger partial charge in [-0.25, -0.2) is 9.97 Å². The molecule has 1 aromatic heterocycles. The van der Waals surface area contributed by atoms with Crippen LogP contribution >= 0.6 is 0 Å². The second-order valence-corrected chi connectivity index (χ2v) is 5.13. The fourth-order valence-electron chi connectivity index (χ4n) is 3.06. The fraction of sp³-hybridized carbons (Fsp3) is 0.538. The molecule has 2 aliphatic carbocycles. The summed E-state index contributed by atoms with van der Waals surface area (Å²) in [5.74, 6) is 0.987. The van der Waals surface area contributed by atoms with E-state index in [2.05, 4.69) is 29.0 Å². The summed E-state index contributed by atoms with van der Waals surface area (Å²) in [7, 11) is 0. The Labute approximate surface area is 95.8 Å². The Hall–Kier alpha value is -1.38. The molecule has 0 aromatic carbocycles. The van der Waals surface area contributed by atoms with Crippen molar-refractivity contribution in [3.63, 3.8) is 0 Å². The zero-order valence-corrected chi connectivity index (χ0v) is 9.61. The standard InChI is InChI=1S/C13H17N3/c1-9-4-7-13(5-2-3-6-13)11-10(9)8-15-12(14)16-11/h2-3,8-9H,4-7H2,1H3,(H2,14,15,16). The van der Waals surface area contributed by atoms with Gasteiger partial charge in [-0.3, -0.25) is 0 Å². The lowest BCUT2D eigenvalue weighted by Gasteiger charge is -2.37. The average molecular weight is 215 g/mol. The van der Waals surface area contributed by atoms with Gasteiger partial charge in [-0.15, -0.1) is 0 Å². The molecule has 0 radical (unpaired) electrons. The Morgan fingerprint density at radius 1 is 1.38 bits per heavy atom. The first kappa shape index (κ1) is 9.82. The first-order valence-corrected chi connectivity index (χ1v) is 5.99. The van der Waals surface area contributed by atoms with Crippen molar-refractivity contribution in [2.24, 2.45) is 0 Å². The normalized spacial score (nSPS) is 25.9. The average Bonchev–Trinajstić information content (AvgIpc) is 2.74. The van der Waals surface area contributed by atoms with Crippen molar-refractivity contribution in [3.8, 4) is 0 Å². The van der Waals surface area contributed by atoms with Gasteiger partial charge in [0.2, 0.25) is 5.95 Å². The minimum absolute atomic E-state index is 0.235. The molecule has 1 atom stereocenters. The van der Waals surface area contributed by atoms with Crippen LogP contribution in [-0.4, -0.2) is 9.97 Å². The molecule has 16 heavy (non-hydrogen) atoms. The van der Waals surface area contributed by atoms with Crippen LogP contribution in [0, 0.1) is 0 Å². The van der Waals surface area contributed by atoms with Crippen LogP contribution in [0.25, 0.3) is 0 Å². The maximum atomic E-state index is 5.74. The van der Waals surface area contributed by atoms with Gasteiger partial charge in [-0.2, -0.15) is 0 Å². The van der Waals surface area contributed by atoms with E-state index in [0.717, 1.165) is 12.8 Å². The van der Waals surface area contributed by atoms with Crippen LogP contribution in [0.4, 0.5) is 5.95 Å². The zero-order chi connectivity index (χ0) is 11.2. The van der Waals surface area contributed by atoms with Gasteiger partial charge >= 0.3 is 0 Å². The summed E-state index contributed by atoms with van der Waals surface area (Å²) in [6.07, 6.45) is 11.2. The summed E-state index contributed by atoms with van der Waals surface area (Å²) in [5, 5.41) is 0. The number of nitrogens with two attached hydrogens (primary N) is 1. The van der Waals surface area contributed by atoms with Crippen molar-refractivity contribution in [3.05, 3.63) is 29.6 Å². The number of allylic oxidation sites excluding steroid dienone is 2. The number of nitrogen functional groups attached to an aromatic ring is 1. The zero-order valence-electron chi connectivity index (χ0n) is 9.61. The van der Waals surface area contributed by atoms with Gasteiger partial charge in [0.05, 0.1) is 5.69 Å². The van der Waals surface area contributed by atoms with E-state index in [1.807, 2.05) is 6.20 Å². The van der Waals surface area contributed by atoms with E-state index in [1.165, 1.54) is 24.1 Å². The molecule has 3 nitrogen and oxygen atoms in total. The van der Waals surface area contributed by atoms with Gasteiger partial charge in [0.1, 0.15) is 0 Å². The minimum Gasteiger partial charge on any atom is -0.368 e. The molecule has 0 fully saturated rings. The molecular formula is C13H17N3. The van der Waals surface area contributed by atoms with Crippen molar-refractivity contribution in [2.75, 3.05) is 5.73 Å². The summed E-state index contributed by atoms with van der Waals surface area (Å²) in [4.78, 5) is 8.67. The Morgan fingerprint density at radius 3 is 2.88 bits per heavy atom. The lowest BCUT2D eigenvalue weighted by molar-refractivity contribution is 0.348. The molecule has 1 spiro atoms. The SMILES string of the molecule is CC1CCC2(CC=CC2)c2nc(N)ncc21. The number of nitrogens with zero attached hydrogens (tertiary/aromatic N) is 2. The van der Waals surface area contributed by atoms with Crippen molar-refractivity contribution in [1.82, 2.24) is 9.97 Å². The van der Waals surface area contributed by atoms with Gasteiger partial charge in [0, 0.05) is 11.6 Å². The van der Waals surface area contributed by atoms with Crippen LogP contribution in [0.3, 0.4) is 0 Å². The highest BCUT2D eigenvalue weighted by molar-refractivity contribution is 5.38. The van der Waals surface area contributed by atoms with E-state index in [1.54, 1.807) is 0 Å². The molecule has 1 aromatic rings. The number of hydrogen-bond acceptors (Lipinski definition) is 3. The third kappa shape index (κ3) is 1.27. The number of fused-ring (bicyclic) bond motifs is 2. The summed E-state index contributed by atoms with van der Waals surface area (Å²) in [6, 6.07) is 0. The molecule has 0 aliphatic heterocycles. The van der Waals surface area contributed by atoms with Crippen LogP contribution in [-0.2, 0) is 5.41 Å². The van der Waals surface area contributed by atoms with Gasteiger partial charge < -0.3 is 5.73 Å². The Morgan fingerprint density at radius 2 is 2.12 bits per heavy atom. The van der Waals surface area contributed by atoms with Gasteiger partial charge in [0.25, 0.3) is 0 Å². The van der Waals surface area contributed by atoms with Crippen molar-refractivity contribution in [1.29, 1.82) is 0 Å². The van der Waals surface area contributed by atoms with E-state index in [-0.39, 0.29) is 5.41 Å². The van der Waals surface area contributed by atoms with Crippen LogP contribution in [0.1, 0.15) is 49.8 Å². The number of aromatic nitrogens is 2. The predicted octanol–water partition coefficient (Wildman–Crippen LogP) is 2.54. The summed E-state index contributed by atoms with van der Waals surface area (Å²) in [5.41, 5.74) is 8.49. The largest absolute Gasteiger partial charge is 0.368 e. The molecule has 0 saturated carbocycles. The second kappa shape index (κ2) is 3.30. The maximum Gasteiger partial charge on any atom is 0.220 e. The van der Waals surface area contributed by atoms with Gasteiger partial charge in [0.15, 0.2) is 0 Å². The Bertz CT molecular complexity index is 442. The van der Waals surface area contributed by atoms with E-state index >= 15 is 0 Å². The highest BCUT2D eigenvalue weighted by Gasteiger charge is 2.40. The molecule has 3 heteroatoms. The smallest absolute Gasteiger partial charge is 0.220 e. The third-order valence-corrected chi connectivity index (χ3v) is 4.11. The Kier molecular flexibility index (Phi) is 2.03. The molecule has 1 heterocycles. The summed E-state index contributed by atoms with van der Waals surface area (Å²) in [6.45, 7) is 2.26. The molecular weight excluding hydrogens is 198 g/mol. The molecule has 0 bridgehead atoms. The maximum absolute atomic E-state index is 5.74. The topological polar surface area (TPSA) is 51.8 Å². The lowest BCUT2D eigenvalue weighted by Crippen LogP contribution is -2.31. The number of anilines is 1. The first-order chi connectivity index (χ1) is 7.71. The molecule has 0 saturated heterocycles. The third-order valence-electron chi connectivity index (χ3n) is 4.11. The lowest BCUT2D eigenvalue weighted by atomic mass is 9.68. The molecule has 0 amide bonds. The van der Waals surface area contributed by atoms with E-state index < -0.39 is 0 Å². The first-order valence-electron chi connectivity index (χ1n) is 5.99. The number of hydrogen-bond donors (Lipinski definition) is 1. The van der Waals surface area contributed by atoms with E-state index in [4.69, 9.17) is 5.73 Å². The second-order valence-electron chi connectivity index (χ2n) is 5.13.